The number of aliphatic hydroxyl groups excluding tert-OH is 2. The first-order valence-corrected chi connectivity index (χ1v) is 11.9. The molecule has 1 aromatic heterocycles. The lowest BCUT2D eigenvalue weighted by Crippen LogP contribution is -2.63. The van der Waals surface area contributed by atoms with Crippen LogP contribution in [0.1, 0.15) is 40.9 Å². The van der Waals surface area contributed by atoms with Crippen LogP contribution in [0.3, 0.4) is 0 Å². The van der Waals surface area contributed by atoms with Crippen molar-refractivity contribution in [1.29, 1.82) is 0 Å². The Bertz CT molecular complexity index is 1440. The fourth-order valence-corrected chi connectivity index (χ4v) is 4.72. The molecule has 0 aliphatic carbocycles. The Morgan fingerprint density at radius 3 is 2.21 bits per heavy atom. The van der Waals surface area contributed by atoms with Crippen molar-refractivity contribution in [2.45, 2.75) is 64.8 Å². The summed E-state index contributed by atoms with van der Waals surface area (Å²) < 4.78 is 22.4. The highest BCUT2D eigenvalue weighted by Gasteiger charge is 2.50. The lowest BCUT2D eigenvalue weighted by atomic mass is 9.89. The minimum atomic E-state index is -1.45. The third-order valence-electron chi connectivity index (χ3n) is 6.68. The van der Waals surface area contributed by atoms with Gasteiger partial charge in [-0.2, -0.15) is 0 Å². The molecule has 0 radical (unpaired) electrons. The van der Waals surface area contributed by atoms with Gasteiger partial charge in [-0.1, -0.05) is 0 Å². The molecule has 1 saturated heterocycles. The fourth-order valence-electron chi connectivity index (χ4n) is 4.72. The molecule has 3 aromatic rings. The van der Waals surface area contributed by atoms with Crippen LogP contribution >= 0.6 is 0 Å². The molecule has 5 N–H and O–H groups in total. The van der Waals surface area contributed by atoms with Crippen LogP contribution in [0, 0.1) is 20.8 Å². The molecule has 204 valence electrons. The molecule has 0 spiro atoms. The van der Waals surface area contributed by atoms with Gasteiger partial charge in [0.2, 0.25) is 6.29 Å². The first kappa shape index (κ1) is 27.4. The monoisotopic (exact) mass is 529 g/mol. The van der Waals surface area contributed by atoms with Gasteiger partial charge in [0.15, 0.2) is 11.4 Å². The summed E-state index contributed by atoms with van der Waals surface area (Å²) >= 11 is 0. The zero-order valence-corrected chi connectivity index (χ0v) is 21.9. The fraction of sp³-hybridized carbons (Fsp3) is 0.407. The van der Waals surface area contributed by atoms with E-state index in [1.807, 2.05) is 0 Å². The number of aromatic hydroxyl groups is 2. The van der Waals surface area contributed by atoms with Gasteiger partial charge < -0.3 is 44.4 Å². The van der Waals surface area contributed by atoms with E-state index < -0.39 is 53.2 Å². The van der Waals surface area contributed by atoms with Gasteiger partial charge in [-0.25, -0.2) is 4.79 Å². The highest BCUT2D eigenvalue weighted by molar-refractivity contribution is 6.06. The van der Waals surface area contributed by atoms with Crippen LogP contribution in [0.2, 0.25) is 0 Å². The Labute approximate surface area is 218 Å². The largest absolute Gasteiger partial charge is 0.507 e. The van der Waals surface area contributed by atoms with E-state index in [1.165, 1.54) is 31.4 Å². The Morgan fingerprint density at radius 2 is 1.61 bits per heavy atom. The van der Waals surface area contributed by atoms with Crippen molar-refractivity contribution in [1.82, 2.24) is 0 Å². The summed E-state index contributed by atoms with van der Waals surface area (Å²) in [7, 11) is 1.40. The van der Waals surface area contributed by atoms with Gasteiger partial charge >= 0.3 is 5.63 Å². The number of carbonyl (C=O) groups excluding carboxylic acids is 1. The Hall–Kier alpha value is -3.64. The number of amides is 1. The first-order chi connectivity index (χ1) is 17.7. The molecule has 1 aliphatic heterocycles. The first-order valence-electron chi connectivity index (χ1n) is 11.9. The van der Waals surface area contributed by atoms with E-state index in [0.29, 0.717) is 16.7 Å². The van der Waals surface area contributed by atoms with Gasteiger partial charge in [0.25, 0.3) is 5.91 Å². The maximum Gasteiger partial charge on any atom is 0.364 e. The van der Waals surface area contributed by atoms with Crippen LogP contribution in [-0.4, -0.2) is 63.6 Å². The van der Waals surface area contributed by atoms with Gasteiger partial charge in [-0.05, 0) is 75.6 Å². The van der Waals surface area contributed by atoms with Crippen LogP contribution < -0.4 is 15.7 Å². The average Bonchev–Trinajstić information content (AvgIpc) is 2.83. The number of phenolic OH excluding ortho intramolecular Hbond substituents is 1. The van der Waals surface area contributed by atoms with Gasteiger partial charge in [0.1, 0.15) is 35.4 Å². The smallest absolute Gasteiger partial charge is 0.364 e. The molecule has 0 bridgehead atoms. The zero-order valence-electron chi connectivity index (χ0n) is 21.9. The molecule has 2 aromatic carbocycles. The van der Waals surface area contributed by atoms with Crippen LogP contribution in [0.5, 0.6) is 17.2 Å². The summed E-state index contributed by atoms with van der Waals surface area (Å²) in [6.45, 7) is 8.26. The van der Waals surface area contributed by atoms with E-state index in [-0.39, 0.29) is 28.0 Å². The number of aryl methyl sites for hydroxylation is 3. The number of anilines is 1. The normalized spacial score (nSPS) is 22.8. The van der Waals surface area contributed by atoms with Crippen molar-refractivity contribution in [3.63, 3.8) is 0 Å². The third-order valence-corrected chi connectivity index (χ3v) is 6.68. The number of aliphatic hydroxyl groups is 2. The van der Waals surface area contributed by atoms with Gasteiger partial charge in [-0.3, -0.25) is 4.79 Å². The van der Waals surface area contributed by atoms with Gasteiger partial charge in [-0.15, -0.1) is 0 Å². The number of ether oxygens (including phenoxy) is 3. The molecule has 1 fully saturated rings. The molecule has 4 rings (SSSR count). The number of rotatable bonds is 5. The van der Waals surface area contributed by atoms with Crippen molar-refractivity contribution in [2.75, 3.05) is 12.4 Å². The lowest BCUT2D eigenvalue weighted by Gasteiger charge is -2.46. The zero-order chi connectivity index (χ0) is 28.1. The predicted molar refractivity (Wildman–Crippen MR) is 137 cm³/mol. The van der Waals surface area contributed by atoms with Crippen LogP contribution in [-0.2, 0) is 9.47 Å². The van der Waals surface area contributed by atoms with Crippen LogP contribution in [0.15, 0.2) is 33.5 Å². The molecule has 1 amide bonds. The summed E-state index contributed by atoms with van der Waals surface area (Å²) in [5, 5.41) is 44.5. The standard InChI is InChI=1S/C27H31NO10/c1-11-7-14(8-12(2)18(11)29)24(33)28-17-19(30)16-10-15(9-13(3)22(16)37-25(17)34)36-26-21(32)20(31)23(35-6)27(4,5)38-26/h7-10,20-21,23,26,29-32H,1-6H3,(H,28,33)/t20-,21-,23+,26-/m1/s1. The SMILES string of the molecule is CO[C@H]1[C@H](O)[C@@H](O)[C@H](Oc2cc(C)c3oc(=O)c(NC(=O)c4cc(C)c(O)c(C)c4)c(O)c3c2)OC1(C)C. The Morgan fingerprint density at radius 1 is 0.974 bits per heavy atom. The second-order valence-corrected chi connectivity index (χ2v) is 9.99. The molecule has 4 atom stereocenters. The number of carbonyl (C=O) groups is 1. The Kier molecular flexibility index (Phi) is 7.15. The van der Waals surface area contributed by atoms with Crippen molar-refractivity contribution in [3.8, 4) is 17.2 Å². The number of benzene rings is 2. The van der Waals surface area contributed by atoms with E-state index in [2.05, 4.69) is 5.32 Å². The maximum atomic E-state index is 12.9. The molecule has 1 aliphatic rings. The van der Waals surface area contributed by atoms with Crippen molar-refractivity contribution in [2.24, 2.45) is 0 Å². The number of nitrogens with one attached hydrogen (secondary N) is 1. The lowest BCUT2D eigenvalue weighted by molar-refractivity contribution is -0.305. The second kappa shape index (κ2) is 9.91. The predicted octanol–water partition coefficient (Wildman–Crippen LogP) is 2.63. The van der Waals surface area contributed by atoms with Crippen molar-refractivity contribution >= 4 is 22.6 Å². The third kappa shape index (κ3) is 4.81. The minimum absolute atomic E-state index is 0.0540. The Balaban J connectivity index is 1.69. The van der Waals surface area contributed by atoms with E-state index in [0.717, 1.165) is 0 Å². The highest BCUT2D eigenvalue weighted by Crippen LogP contribution is 2.37. The molecule has 0 unspecified atom stereocenters. The van der Waals surface area contributed by atoms with E-state index in [4.69, 9.17) is 18.6 Å². The number of phenols is 1. The molecule has 2 heterocycles. The van der Waals surface area contributed by atoms with Crippen molar-refractivity contribution in [3.05, 3.63) is 56.9 Å². The van der Waals surface area contributed by atoms with E-state index in [1.54, 1.807) is 34.6 Å². The highest BCUT2D eigenvalue weighted by atomic mass is 16.7. The van der Waals surface area contributed by atoms with Crippen LogP contribution in [0.25, 0.3) is 11.0 Å². The van der Waals surface area contributed by atoms with Gasteiger partial charge in [0, 0.05) is 12.7 Å². The number of fused-ring (bicyclic) bond motifs is 1. The summed E-state index contributed by atoms with van der Waals surface area (Å²) in [6.07, 6.45) is -4.82. The number of hydrogen-bond donors (Lipinski definition) is 5. The summed E-state index contributed by atoms with van der Waals surface area (Å²) in [6, 6.07) is 5.78. The number of methoxy groups -OCH3 is 1. The van der Waals surface area contributed by atoms with E-state index >= 15 is 0 Å². The van der Waals surface area contributed by atoms with Crippen molar-refractivity contribution < 1.29 is 43.8 Å². The molecule has 11 nitrogen and oxygen atoms in total. The molecule has 0 saturated carbocycles. The number of hydrogen-bond acceptors (Lipinski definition) is 10. The summed E-state index contributed by atoms with van der Waals surface area (Å²) in [5.74, 6) is -1.04. The molecule has 11 heteroatoms. The van der Waals surface area contributed by atoms with E-state index in [9.17, 15) is 30.0 Å². The molecular weight excluding hydrogens is 498 g/mol. The summed E-state index contributed by atoms with van der Waals surface area (Å²) in [4.78, 5) is 25.5. The minimum Gasteiger partial charge on any atom is -0.507 e. The molecular formula is C27H31NO10. The molecule has 38 heavy (non-hydrogen) atoms. The second-order valence-electron chi connectivity index (χ2n) is 9.99. The topological polar surface area (TPSA) is 168 Å². The van der Waals surface area contributed by atoms with Gasteiger partial charge in [0.05, 0.1) is 11.0 Å². The quantitative estimate of drug-likeness (QED) is 0.310. The average molecular weight is 530 g/mol. The summed E-state index contributed by atoms with van der Waals surface area (Å²) in [5.41, 5.74) is -0.833. The maximum absolute atomic E-state index is 12.9. The van der Waals surface area contributed by atoms with Crippen LogP contribution in [0.4, 0.5) is 5.69 Å².